The van der Waals surface area contributed by atoms with Crippen molar-refractivity contribution in [2.75, 3.05) is 19.0 Å². The minimum absolute atomic E-state index is 0.100. The van der Waals surface area contributed by atoms with Crippen molar-refractivity contribution in [3.8, 4) is 12.3 Å². The van der Waals surface area contributed by atoms with Gasteiger partial charge in [-0.15, -0.1) is 6.42 Å². The third-order valence-corrected chi connectivity index (χ3v) is 2.66. The van der Waals surface area contributed by atoms with Crippen LogP contribution in [0.3, 0.4) is 0 Å². The standard InChI is InChI=1S/C14H20N2/c1-6-11(2)15-12(3)13-7-9-14(10-8-13)16(4)5/h1,7-12,15H,2-5H3. The largest absolute Gasteiger partial charge is 0.378 e. The van der Waals surface area contributed by atoms with Crippen molar-refractivity contribution in [1.29, 1.82) is 0 Å². The number of hydrogen-bond acceptors (Lipinski definition) is 2. The van der Waals surface area contributed by atoms with Gasteiger partial charge in [0, 0.05) is 25.8 Å². The molecule has 16 heavy (non-hydrogen) atoms. The number of nitrogens with zero attached hydrogens (tertiary/aromatic N) is 1. The normalized spacial score (nSPS) is 13.9. The van der Waals surface area contributed by atoms with Gasteiger partial charge in [-0.3, -0.25) is 5.32 Å². The molecule has 0 saturated carbocycles. The van der Waals surface area contributed by atoms with Crippen molar-refractivity contribution in [2.24, 2.45) is 0 Å². The molecule has 2 heteroatoms. The summed E-state index contributed by atoms with van der Waals surface area (Å²) in [7, 11) is 4.08. The van der Waals surface area contributed by atoms with Crippen molar-refractivity contribution in [1.82, 2.24) is 5.32 Å². The van der Waals surface area contributed by atoms with Crippen molar-refractivity contribution in [3.05, 3.63) is 29.8 Å². The maximum atomic E-state index is 5.34. The lowest BCUT2D eigenvalue weighted by atomic mass is 10.1. The molecule has 0 aliphatic heterocycles. The molecule has 0 aliphatic carbocycles. The number of terminal acetylenes is 1. The van der Waals surface area contributed by atoms with Crippen LogP contribution in [0.5, 0.6) is 0 Å². The van der Waals surface area contributed by atoms with Gasteiger partial charge < -0.3 is 4.90 Å². The first kappa shape index (κ1) is 12.6. The van der Waals surface area contributed by atoms with Gasteiger partial charge in [0.05, 0.1) is 6.04 Å². The summed E-state index contributed by atoms with van der Waals surface area (Å²) < 4.78 is 0. The van der Waals surface area contributed by atoms with E-state index in [1.165, 1.54) is 11.3 Å². The molecular weight excluding hydrogens is 196 g/mol. The van der Waals surface area contributed by atoms with E-state index >= 15 is 0 Å². The molecule has 0 aromatic heterocycles. The molecule has 2 unspecified atom stereocenters. The van der Waals surface area contributed by atoms with Gasteiger partial charge >= 0.3 is 0 Å². The Kier molecular flexibility index (Phi) is 4.39. The summed E-state index contributed by atoms with van der Waals surface area (Å²) in [6.07, 6.45) is 5.34. The molecule has 1 aromatic rings. The minimum Gasteiger partial charge on any atom is -0.378 e. The van der Waals surface area contributed by atoms with Crippen LogP contribution in [-0.2, 0) is 0 Å². The van der Waals surface area contributed by atoms with Crippen molar-refractivity contribution >= 4 is 5.69 Å². The molecule has 86 valence electrons. The van der Waals surface area contributed by atoms with Gasteiger partial charge in [0.2, 0.25) is 0 Å². The predicted molar refractivity (Wildman–Crippen MR) is 70.6 cm³/mol. The highest BCUT2D eigenvalue weighted by molar-refractivity contribution is 5.46. The molecule has 2 nitrogen and oxygen atoms in total. The van der Waals surface area contributed by atoms with Gasteiger partial charge in [0.1, 0.15) is 0 Å². The molecule has 2 atom stereocenters. The third kappa shape index (κ3) is 3.29. The van der Waals surface area contributed by atoms with Crippen LogP contribution in [0.25, 0.3) is 0 Å². The Bertz CT molecular complexity index is 359. The van der Waals surface area contributed by atoms with Crippen molar-refractivity contribution < 1.29 is 0 Å². The first-order chi connectivity index (χ1) is 7.54. The van der Waals surface area contributed by atoms with Gasteiger partial charge in [0.15, 0.2) is 0 Å². The maximum absolute atomic E-state index is 5.34. The first-order valence-electron chi connectivity index (χ1n) is 5.54. The second-order valence-corrected chi connectivity index (χ2v) is 4.26. The first-order valence-corrected chi connectivity index (χ1v) is 5.54. The van der Waals surface area contributed by atoms with Crippen LogP contribution in [0.2, 0.25) is 0 Å². The van der Waals surface area contributed by atoms with Crippen molar-refractivity contribution in [3.63, 3.8) is 0 Å². The summed E-state index contributed by atoms with van der Waals surface area (Å²) in [6, 6.07) is 8.89. The highest BCUT2D eigenvalue weighted by atomic mass is 15.1. The van der Waals surface area contributed by atoms with Gasteiger partial charge in [-0.25, -0.2) is 0 Å². The number of benzene rings is 1. The zero-order valence-corrected chi connectivity index (χ0v) is 10.5. The fourth-order valence-electron chi connectivity index (χ4n) is 1.58. The fraction of sp³-hybridized carbons (Fsp3) is 0.429. The zero-order valence-electron chi connectivity index (χ0n) is 10.5. The molecule has 0 radical (unpaired) electrons. The van der Waals surface area contributed by atoms with Crippen LogP contribution in [0.15, 0.2) is 24.3 Å². The Morgan fingerprint density at radius 1 is 1.19 bits per heavy atom. The van der Waals surface area contributed by atoms with Gasteiger partial charge in [-0.1, -0.05) is 18.1 Å². The number of hydrogen-bond donors (Lipinski definition) is 1. The summed E-state index contributed by atoms with van der Waals surface area (Å²) in [5.41, 5.74) is 2.47. The Morgan fingerprint density at radius 2 is 1.75 bits per heavy atom. The lowest BCUT2D eigenvalue weighted by Gasteiger charge is -2.18. The van der Waals surface area contributed by atoms with Crippen LogP contribution in [0, 0.1) is 12.3 Å². The van der Waals surface area contributed by atoms with Crippen LogP contribution in [-0.4, -0.2) is 20.1 Å². The molecule has 0 amide bonds. The SMILES string of the molecule is C#CC(C)NC(C)c1ccc(N(C)C)cc1. The second-order valence-electron chi connectivity index (χ2n) is 4.26. The predicted octanol–water partition coefficient (Wildman–Crippen LogP) is 2.42. The van der Waals surface area contributed by atoms with E-state index in [-0.39, 0.29) is 12.1 Å². The van der Waals surface area contributed by atoms with E-state index in [1.54, 1.807) is 0 Å². The molecule has 1 rings (SSSR count). The Labute approximate surface area is 98.7 Å². The molecule has 0 saturated heterocycles. The Morgan fingerprint density at radius 3 is 2.19 bits per heavy atom. The van der Waals surface area contributed by atoms with Gasteiger partial charge in [-0.05, 0) is 31.5 Å². The average Bonchev–Trinajstić information content (AvgIpc) is 2.28. The Balaban J connectivity index is 2.71. The number of rotatable bonds is 4. The highest BCUT2D eigenvalue weighted by Gasteiger charge is 2.07. The Hall–Kier alpha value is -1.46. The van der Waals surface area contributed by atoms with E-state index in [0.29, 0.717) is 0 Å². The molecular formula is C14H20N2. The van der Waals surface area contributed by atoms with E-state index in [9.17, 15) is 0 Å². The number of nitrogens with one attached hydrogen (secondary N) is 1. The molecule has 0 heterocycles. The average molecular weight is 216 g/mol. The van der Waals surface area contributed by atoms with Crippen molar-refractivity contribution in [2.45, 2.75) is 25.9 Å². The second kappa shape index (κ2) is 5.58. The van der Waals surface area contributed by atoms with Gasteiger partial charge in [0.25, 0.3) is 0 Å². The maximum Gasteiger partial charge on any atom is 0.0662 e. The molecule has 0 aliphatic rings. The zero-order chi connectivity index (χ0) is 12.1. The molecule has 1 aromatic carbocycles. The van der Waals surface area contributed by atoms with E-state index < -0.39 is 0 Å². The summed E-state index contributed by atoms with van der Waals surface area (Å²) in [5, 5.41) is 3.34. The molecule has 0 fully saturated rings. The van der Waals surface area contributed by atoms with E-state index in [1.807, 2.05) is 21.0 Å². The van der Waals surface area contributed by atoms with Crippen LogP contribution >= 0.6 is 0 Å². The quantitative estimate of drug-likeness (QED) is 0.778. The summed E-state index contributed by atoms with van der Waals surface area (Å²) in [4.78, 5) is 2.09. The fourth-order valence-corrected chi connectivity index (χ4v) is 1.58. The lowest BCUT2D eigenvalue weighted by Crippen LogP contribution is -2.27. The molecule has 0 bridgehead atoms. The van der Waals surface area contributed by atoms with E-state index in [4.69, 9.17) is 6.42 Å². The van der Waals surface area contributed by atoms with E-state index in [2.05, 4.69) is 47.3 Å². The summed E-state index contributed by atoms with van der Waals surface area (Å²) >= 11 is 0. The van der Waals surface area contributed by atoms with Crippen LogP contribution in [0.1, 0.15) is 25.5 Å². The lowest BCUT2D eigenvalue weighted by molar-refractivity contribution is 0.546. The monoisotopic (exact) mass is 216 g/mol. The third-order valence-electron chi connectivity index (χ3n) is 2.66. The van der Waals surface area contributed by atoms with Crippen LogP contribution in [0.4, 0.5) is 5.69 Å². The van der Waals surface area contributed by atoms with Crippen LogP contribution < -0.4 is 10.2 Å². The topological polar surface area (TPSA) is 15.3 Å². The number of anilines is 1. The highest BCUT2D eigenvalue weighted by Crippen LogP contribution is 2.17. The minimum atomic E-state index is 0.100. The molecule has 0 spiro atoms. The van der Waals surface area contributed by atoms with E-state index in [0.717, 1.165) is 0 Å². The summed E-state index contributed by atoms with van der Waals surface area (Å²) in [6.45, 7) is 4.11. The summed E-state index contributed by atoms with van der Waals surface area (Å²) in [5.74, 6) is 2.68. The van der Waals surface area contributed by atoms with Gasteiger partial charge in [-0.2, -0.15) is 0 Å². The smallest absolute Gasteiger partial charge is 0.0662 e. The molecule has 1 N–H and O–H groups in total.